The van der Waals surface area contributed by atoms with Crippen LogP contribution < -0.4 is 24.3 Å². The molecule has 2 aliphatic rings. The molecular formula is C51H39F5N2O8. The summed E-state index contributed by atoms with van der Waals surface area (Å²) in [6.45, 7) is 3.40. The first-order chi connectivity index (χ1) is 32.0. The second kappa shape index (κ2) is 20.2. The van der Waals surface area contributed by atoms with Gasteiger partial charge in [0.05, 0.1) is 42.2 Å². The van der Waals surface area contributed by atoms with Crippen molar-refractivity contribution in [2.45, 2.75) is 44.8 Å². The number of anilines is 1. The first-order valence-corrected chi connectivity index (χ1v) is 21.0. The minimum absolute atomic E-state index is 0.0271. The smallest absolute Gasteiger partial charge is 0.348 e. The first kappa shape index (κ1) is 45.1. The van der Waals surface area contributed by atoms with Crippen LogP contribution in [0.5, 0.6) is 23.0 Å². The Balaban J connectivity index is 0.969. The number of nitrogens with one attached hydrogen (secondary N) is 1. The van der Waals surface area contributed by atoms with Crippen LogP contribution in [0.1, 0.15) is 64.4 Å². The van der Waals surface area contributed by atoms with Gasteiger partial charge in [0.1, 0.15) is 28.9 Å². The van der Waals surface area contributed by atoms with Crippen LogP contribution in [0.4, 0.5) is 27.6 Å². The maximum Gasteiger partial charge on any atom is 0.348 e. The molecule has 1 aliphatic carbocycles. The van der Waals surface area contributed by atoms with Crippen molar-refractivity contribution in [3.63, 3.8) is 0 Å². The molecule has 6 aromatic carbocycles. The van der Waals surface area contributed by atoms with Crippen molar-refractivity contribution >= 4 is 28.4 Å². The molecule has 10 nitrogen and oxygen atoms in total. The zero-order valence-electron chi connectivity index (χ0n) is 35.2. The molecule has 0 radical (unpaired) electrons. The van der Waals surface area contributed by atoms with E-state index in [4.69, 9.17) is 33.7 Å². The van der Waals surface area contributed by atoms with Gasteiger partial charge in [0.25, 0.3) is 0 Å². The lowest BCUT2D eigenvalue weighted by atomic mass is 9.90. The van der Waals surface area contributed by atoms with E-state index >= 15 is 8.78 Å². The highest BCUT2D eigenvalue weighted by atomic mass is 19.2. The number of hydrogen-bond acceptors (Lipinski definition) is 10. The zero-order valence-corrected chi connectivity index (χ0v) is 35.2. The summed E-state index contributed by atoms with van der Waals surface area (Å²) in [4.78, 5) is 26.6. The maximum absolute atomic E-state index is 15.9. The molecule has 3 unspecified atom stereocenters. The summed E-state index contributed by atoms with van der Waals surface area (Å²) in [5, 5.41) is 12.9. The van der Waals surface area contributed by atoms with E-state index in [1.54, 1.807) is 49.4 Å². The standard InChI is InChI=1S/C51H39F5N2O8/c1-2-62-42-17-15-38(46(53)47(42)54)34-8-7-32-22-29(4-6-33(32)24-34)18-19-58-40-26-44(48(55)49(56)45(40)51(60)64-37-14-11-35(27-57)39(52)25-37)66-50(59)31-9-12-36(13-10-31)63-21-3-20-61-28-30-5-16-41-43(23-30)65-41/h4,6-15,17,22,24-26,30,41,43,58H,2-3,5,16,20-21,23,28H2,1H3. The summed E-state index contributed by atoms with van der Waals surface area (Å²) >= 11 is 0. The second-order valence-corrected chi connectivity index (χ2v) is 15.5. The van der Waals surface area contributed by atoms with Crippen LogP contribution in [0.15, 0.2) is 97.1 Å². The lowest BCUT2D eigenvalue weighted by Crippen LogP contribution is -2.19. The average molecular weight is 903 g/mol. The van der Waals surface area contributed by atoms with Gasteiger partial charge < -0.3 is 33.7 Å². The molecule has 0 aromatic heterocycles. The van der Waals surface area contributed by atoms with Crippen molar-refractivity contribution in [2.75, 3.05) is 31.7 Å². The number of esters is 2. The summed E-state index contributed by atoms with van der Waals surface area (Å²) in [7, 11) is 0. The Bertz CT molecular complexity index is 2930. The largest absolute Gasteiger partial charge is 0.494 e. The highest BCUT2D eigenvalue weighted by molar-refractivity contribution is 5.99. The van der Waals surface area contributed by atoms with E-state index < -0.39 is 63.8 Å². The Hall–Kier alpha value is -7.46. The van der Waals surface area contributed by atoms with Crippen LogP contribution in [0.3, 0.4) is 0 Å². The van der Waals surface area contributed by atoms with Crippen molar-refractivity contribution in [2.24, 2.45) is 5.92 Å². The summed E-state index contributed by atoms with van der Waals surface area (Å²) < 4.78 is 108. The Morgan fingerprint density at radius 3 is 2.29 bits per heavy atom. The summed E-state index contributed by atoms with van der Waals surface area (Å²) in [5.74, 6) is -6.93. The minimum Gasteiger partial charge on any atom is -0.494 e. The number of nitriles is 1. The van der Waals surface area contributed by atoms with Gasteiger partial charge in [-0.2, -0.15) is 14.0 Å². The van der Waals surface area contributed by atoms with E-state index in [-0.39, 0.29) is 29.0 Å². The van der Waals surface area contributed by atoms with Crippen LogP contribution in [0, 0.1) is 58.3 Å². The number of halogens is 5. The molecule has 0 amide bonds. The van der Waals surface area contributed by atoms with Gasteiger partial charge in [0.15, 0.2) is 23.1 Å². The Morgan fingerprint density at radius 1 is 0.742 bits per heavy atom. The Kier molecular flexibility index (Phi) is 13.8. The molecule has 1 saturated heterocycles. The van der Waals surface area contributed by atoms with E-state index in [1.165, 1.54) is 36.4 Å². The van der Waals surface area contributed by atoms with Crippen LogP contribution >= 0.6 is 0 Å². The molecular weight excluding hydrogens is 864 g/mol. The van der Waals surface area contributed by atoms with Crippen molar-refractivity contribution in [3.05, 3.63) is 148 Å². The van der Waals surface area contributed by atoms with Crippen LogP contribution in [0.25, 0.3) is 21.9 Å². The number of nitrogens with zero attached hydrogens (tertiary/aromatic N) is 1. The molecule has 0 bridgehead atoms. The minimum atomic E-state index is -1.77. The second-order valence-electron chi connectivity index (χ2n) is 15.5. The number of carbonyl (C=O) groups excluding carboxylic acids is 2. The van der Waals surface area contributed by atoms with Gasteiger partial charge in [-0.15, -0.1) is 0 Å². The fourth-order valence-electron chi connectivity index (χ4n) is 7.55. The highest BCUT2D eigenvalue weighted by Crippen LogP contribution is 2.39. The van der Waals surface area contributed by atoms with Crippen molar-refractivity contribution in [3.8, 4) is 52.2 Å². The van der Waals surface area contributed by atoms with Gasteiger partial charge in [0.2, 0.25) is 11.6 Å². The van der Waals surface area contributed by atoms with Gasteiger partial charge >= 0.3 is 11.9 Å². The van der Waals surface area contributed by atoms with Crippen LogP contribution in [-0.4, -0.2) is 50.6 Å². The summed E-state index contributed by atoms with van der Waals surface area (Å²) in [5.41, 5.74) is -0.986. The van der Waals surface area contributed by atoms with Crippen LogP contribution in [-0.2, 0) is 9.47 Å². The number of ether oxygens (including phenoxy) is 6. The van der Waals surface area contributed by atoms with E-state index in [2.05, 4.69) is 17.3 Å². The molecule has 2 fully saturated rings. The third kappa shape index (κ3) is 10.4. The molecule has 1 heterocycles. The predicted molar refractivity (Wildman–Crippen MR) is 232 cm³/mol. The first-order valence-electron chi connectivity index (χ1n) is 21.0. The van der Waals surface area contributed by atoms with Gasteiger partial charge in [-0.05, 0) is 121 Å². The maximum atomic E-state index is 15.9. The molecule has 6 aromatic rings. The fourth-order valence-corrected chi connectivity index (χ4v) is 7.55. The zero-order chi connectivity index (χ0) is 46.3. The average Bonchev–Trinajstić information content (AvgIpc) is 4.10. The molecule has 1 N–H and O–H groups in total. The van der Waals surface area contributed by atoms with Crippen molar-refractivity contribution < 1.29 is 60.0 Å². The molecule has 1 aliphatic heterocycles. The third-order valence-corrected chi connectivity index (χ3v) is 11.0. The van der Waals surface area contributed by atoms with Gasteiger partial charge in [-0.1, -0.05) is 18.2 Å². The van der Waals surface area contributed by atoms with Gasteiger partial charge in [0, 0.05) is 48.9 Å². The number of epoxide rings is 1. The topological polar surface area (TPSA) is 129 Å². The quantitative estimate of drug-likeness (QED) is 0.0202. The molecule has 15 heteroatoms. The molecule has 8 rings (SSSR count). The lowest BCUT2D eigenvalue weighted by molar-refractivity contribution is 0.0726. The number of carbonyl (C=O) groups is 2. The Labute approximate surface area is 375 Å². The van der Waals surface area contributed by atoms with Crippen molar-refractivity contribution in [1.29, 1.82) is 5.26 Å². The molecule has 0 spiro atoms. The Morgan fingerprint density at radius 2 is 1.52 bits per heavy atom. The molecule has 336 valence electrons. The van der Waals surface area contributed by atoms with Crippen molar-refractivity contribution in [1.82, 2.24) is 0 Å². The van der Waals surface area contributed by atoms with Crippen LogP contribution in [0.2, 0.25) is 0 Å². The highest BCUT2D eigenvalue weighted by Gasteiger charge is 2.43. The summed E-state index contributed by atoms with van der Waals surface area (Å²) in [6.07, 6.45) is 4.71. The summed E-state index contributed by atoms with van der Waals surface area (Å²) in [6, 6.07) is 26.4. The predicted octanol–water partition coefficient (Wildman–Crippen LogP) is 10.7. The number of benzene rings is 6. The molecule has 3 atom stereocenters. The third-order valence-electron chi connectivity index (χ3n) is 11.0. The molecule has 66 heavy (non-hydrogen) atoms. The monoisotopic (exact) mass is 902 g/mol. The number of fused-ring (bicyclic) bond motifs is 2. The number of hydrogen-bond donors (Lipinski definition) is 1. The molecule has 1 saturated carbocycles. The van der Waals surface area contributed by atoms with Gasteiger partial charge in [-0.25, -0.2) is 22.8 Å². The SMILES string of the molecule is CCOc1ccc(-c2ccc3cc(C#CNc4cc(OC(=O)c5ccc(OCCCOCC6CCC7OC7C6)cc5)c(F)c(F)c4C(=O)Oc4ccc(C#N)c(F)c4)ccc3c2)c(F)c1F. The van der Waals surface area contributed by atoms with E-state index in [0.717, 1.165) is 43.5 Å². The fraction of sp³-hybridized carbons (Fsp3) is 0.235. The van der Waals surface area contributed by atoms with E-state index in [1.807, 2.05) is 0 Å². The van der Waals surface area contributed by atoms with E-state index in [9.17, 15) is 22.8 Å². The normalized spacial score (nSPS) is 16.0. The number of rotatable bonds is 15. The van der Waals surface area contributed by atoms with Gasteiger partial charge in [-0.3, -0.25) is 0 Å². The van der Waals surface area contributed by atoms with E-state index in [0.29, 0.717) is 72.0 Å². The lowest BCUT2D eigenvalue weighted by Gasteiger charge is -2.18.